The third-order valence-electron chi connectivity index (χ3n) is 3.82. The molecule has 2 unspecified atom stereocenters. The van der Waals surface area contributed by atoms with Crippen LogP contribution in [-0.4, -0.2) is 17.7 Å². The van der Waals surface area contributed by atoms with Crippen molar-refractivity contribution in [3.8, 4) is 0 Å². The Balaban J connectivity index is 2.05. The van der Waals surface area contributed by atoms with E-state index in [0.717, 1.165) is 12.8 Å². The molecular weight excluding hydrogens is 228 g/mol. The predicted molar refractivity (Wildman–Crippen MR) is 69.1 cm³/mol. The van der Waals surface area contributed by atoms with Crippen molar-refractivity contribution in [1.82, 2.24) is 0 Å². The molecule has 1 heterocycles. The van der Waals surface area contributed by atoms with Gasteiger partial charge in [-0.25, -0.2) is 0 Å². The highest BCUT2D eigenvalue weighted by Gasteiger charge is 2.36. The molecular formula is C15H22O3. The van der Waals surface area contributed by atoms with E-state index < -0.39 is 0 Å². The van der Waals surface area contributed by atoms with Crippen LogP contribution in [-0.2, 0) is 14.3 Å². The number of ether oxygens (including phenoxy) is 1. The van der Waals surface area contributed by atoms with Gasteiger partial charge in [0, 0.05) is 19.3 Å². The molecule has 0 bridgehead atoms. The van der Waals surface area contributed by atoms with E-state index in [1.165, 1.54) is 19.3 Å². The topological polar surface area (TPSA) is 43.4 Å². The minimum atomic E-state index is -0.0709. The Morgan fingerprint density at radius 1 is 1.11 bits per heavy atom. The minimum absolute atomic E-state index is 0.00893. The molecule has 0 aromatic carbocycles. The first-order valence-corrected chi connectivity index (χ1v) is 7.08. The van der Waals surface area contributed by atoms with Crippen LogP contribution in [0.25, 0.3) is 0 Å². The number of rotatable bonds is 4. The maximum Gasteiger partial charge on any atom is 0.173 e. The van der Waals surface area contributed by atoms with Gasteiger partial charge < -0.3 is 4.74 Å². The van der Waals surface area contributed by atoms with E-state index in [1.54, 1.807) is 0 Å². The molecule has 3 heteroatoms. The third-order valence-corrected chi connectivity index (χ3v) is 3.82. The van der Waals surface area contributed by atoms with E-state index in [1.807, 2.05) is 6.92 Å². The molecule has 0 aromatic rings. The van der Waals surface area contributed by atoms with Crippen LogP contribution >= 0.6 is 0 Å². The minimum Gasteiger partial charge on any atom is -0.494 e. The highest BCUT2D eigenvalue weighted by Crippen LogP contribution is 2.35. The molecule has 0 spiro atoms. The molecule has 100 valence electrons. The van der Waals surface area contributed by atoms with Crippen LogP contribution in [0, 0.1) is 5.92 Å². The lowest BCUT2D eigenvalue weighted by Gasteiger charge is -2.31. The van der Waals surface area contributed by atoms with Crippen molar-refractivity contribution in [2.45, 2.75) is 64.9 Å². The van der Waals surface area contributed by atoms with Crippen molar-refractivity contribution < 1.29 is 14.3 Å². The summed E-state index contributed by atoms with van der Waals surface area (Å²) < 4.78 is 5.71. The SMILES string of the molecule is CCCCCC1CC(=O)C2=C(C1)OC(C)CC2=O. The van der Waals surface area contributed by atoms with Gasteiger partial charge in [-0.1, -0.05) is 26.2 Å². The molecule has 0 N–H and O–H groups in total. The van der Waals surface area contributed by atoms with Crippen molar-refractivity contribution in [2.75, 3.05) is 0 Å². The summed E-state index contributed by atoms with van der Waals surface area (Å²) in [5, 5.41) is 0. The summed E-state index contributed by atoms with van der Waals surface area (Å²) in [5.41, 5.74) is 0.375. The summed E-state index contributed by atoms with van der Waals surface area (Å²) in [6.45, 7) is 4.07. The second-order valence-electron chi connectivity index (χ2n) is 5.55. The van der Waals surface area contributed by atoms with Gasteiger partial charge in [-0.05, 0) is 19.3 Å². The molecule has 18 heavy (non-hydrogen) atoms. The molecule has 0 aromatic heterocycles. The number of carbonyl (C=O) groups is 2. The molecule has 2 aliphatic rings. The summed E-state index contributed by atoms with van der Waals surface area (Å²) >= 11 is 0. The monoisotopic (exact) mass is 250 g/mol. The lowest BCUT2D eigenvalue weighted by atomic mass is 9.81. The normalized spacial score (nSPS) is 28.1. The summed E-state index contributed by atoms with van der Waals surface area (Å²) in [6, 6.07) is 0. The number of hydrogen-bond donors (Lipinski definition) is 0. The standard InChI is InChI=1S/C15H22O3/c1-3-4-5-6-11-8-13(17)15-12(16)7-10(2)18-14(15)9-11/h10-11H,3-9H2,1-2H3. The van der Waals surface area contributed by atoms with Crippen LogP contribution < -0.4 is 0 Å². The van der Waals surface area contributed by atoms with Crippen molar-refractivity contribution in [2.24, 2.45) is 5.92 Å². The fourth-order valence-electron chi connectivity index (χ4n) is 2.91. The third kappa shape index (κ3) is 2.82. The Morgan fingerprint density at radius 3 is 2.56 bits per heavy atom. The van der Waals surface area contributed by atoms with Crippen molar-refractivity contribution >= 4 is 11.6 Å². The number of unbranched alkanes of at least 4 members (excludes halogenated alkanes) is 2. The second kappa shape index (κ2) is 5.68. The average Bonchev–Trinajstić information content (AvgIpc) is 2.27. The molecule has 2 atom stereocenters. The van der Waals surface area contributed by atoms with Gasteiger partial charge >= 0.3 is 0 Å². The zero-order chi connectivity index (χ0) is 13.1. The molecule has 0 amide bonds. The van der Waals surface area contributed by atoms with Crippen LogP contribution in [0.2, 0.25) is 0 Å². The second-order valence-corrected chi connectivity index (χ2v) is 5.55. The van der Waals surface area contributed by atoms with Crippen molar-refractivity contribution in [3.05, 3.63) is 11.3 Å². The average molecular weight is 250 g/mol. The molecule has 2 rings (SSSR count). The van der Waals surface area contributed by atoms with E-state index in [2.05, 4.69) is 6.92 Å². The van der Waals surface area contributed by atoms with Crippen molar-refractivity contribution in [1.29, 1.82) is 0 Å². The van der Waals surface area contributed by atoms with Crippen LogP contribution in [0.4, 0.5) is 0 Å². The number of carbonyl (C=O) groups excluding carboxylic acids is 2. The molecule has 0 radical (unpaired) electrons. The largest absolute Gasteiger partial charge is 0.494 e. The number of Topliss-reactive ketones (excluding diaryl/α,β-unsaturated/α-hetero) is 2. The van der Waals surface area contributed by atoms with Gasteiger partial charge in [-0.2, -0.15) is 0 Å². The Kier molecular flexibility index (Phi) is 4.20. The molecule has 1 aliphatic heterocycles. The highest BCUT2D eigenvalue weighted by atomic mass is 16.5. The van der Waals surface area contributed by atoms with Crippen LogP contribution in [0.1, 0.15) is 58.8 Å². The fraction of sp³-hybridized carbons (Fsp3) is 0.733. The van der Waals surface area contributed by atoms with Crippen LogP contribution in [0.15, 0.2) is 11.3 Å². The zero-order valence-electron chi connectivity index (χ0n) is 11.3. The number of allylic oxidation sites excluding steroid dienone is 2. The summed E-state index contributed by atoms with van der Waals surface area (Å²) in [7, 11) is 0. The molecule has 0 fully saturated rings. The zero-order valence-corrected chi connectivity index (χ0v) is 11.3. The van der Waals surface area contributed by atoms with Gasteiger partial charge in [0.05, 0.1) is 5.57 Å². The van der Waals surface area contributed by atoms with Gasteiger partial charge in [0.15, 0.2) is 11.6 Å². The predicted octanol–water partition coefficient (Wildman–Crippen LogP) is 3.18. The Hall–Kier alpha value is -1.12. The first-order valence-electron chi connectivity index (χ1n) is 7.08. The Bertz CT molecular complexity index is 381. The maximum atomic E-state index is 12.0. The highest BCUT2D eigenvalue weighted by molar-refractivity contribution is 6.21. The Morgan fingerprint density at radius 2 is 1.83 bits per heavy atom. The van der Waals surface area contributed by atoms with Crippen LogP contribution in [0.3, 0.4) is 0 Å². The van der Waals surface area contributed by atoms with Gasteiger partial charge in [0.25, 0.3) is 0 Å². The number of ketones is 2. The fourth-order valence-corrected chi connectivity index (χ4v) is 2.91. The smallest absolute Gasteiger partial charge is 0.173 e. The van der Waals surface area contributed by atoms with E-state index >= 15 is 0 Å². The maximum absolute atomic E-state index is 12.0. The van der Waals surface area contributed by atoms with E-state index in [0.29, 0.717) is 30.1 Å². The van der Waals surface area contributed by atoms with Crippen LogP contribution in [0.5, 0.6) is 0 Å². The molecule has 0 saturated heterocycles. The summed E-state index contributed by atoms with van der Waals surface area (Å²) in [6.07, 6.45) is 6.24. The molecule has 1 aliphatic carbocycles. The number of hydrogen-bond acceptors (Lipinski definition) is 3. The van der Waals surface area contributed by atoms with E-state index in [4.69, 9.17) is 4.74 Å². The summed E-state index contributed by atoms with van der Waals surface area (Å²) in [5.74, 6) is 1.05. The van der Waals surface area contributed by atoms with Gasteiger partial charge in [0.2, 0.25) is 0 Å². The van der Waals surface area contributed by atoms with Gasteiger partial charge in [0.1, 0.15) is 11.9 Å². The Labute approximate surface area is 109 Å². The van der Waals surface area contributed by atoms with Crippen molar-refractivity contribution in [3.63, 3.8) is 0 Å². The van der Waals surface area contributed by atoms with E-state index in [-0.39, 0.29) is 17.7 Å². The lowest BCUT2D eigenvalue weighted by molar-refractivity contribution is -0.126. The molecule has 0 saturated carbocycles. The first-order chi connectivity index (χ1) is 8.61. The lowest BCUT2D eigenvalue weighted by Crippen LogP contribution is -2.32. The first kappa shape index (κ1) is 13.3. The van der Waals surface area contributed by atoms with E-state index in [9.17, 15) is 9.59 Å². The quantitative estimate of drug-likeness (QED) is 0.568. The summed E-state index contributed by atoms with van der Waals surface area (Å²) in [4.78, 5) is 23.9. The molecule has 3 nitrogen and oxygen atoms in total. The van der Waals surface area contributed by atoms with Gasteiger partial charge in [-0.3, -0.25) is 9.59 Å². The van der Waals surface area contributed by atoms with Gasteiger partial charge in [-0.15, -0.1) is 0 Å².